The number of hydrogen-bond donors (Lipinski definition) is 3. The lowest BCUT2D eigenvalue weighted by atomic mass is 9.99. The number of rotatable bonds is 34. The van der Waals surface area contributed by atoms with Crippen molar-refractivity contribution in [2.45, 2.75) is 179 Å². The number of halogens is 1. The van der Waals surface area contributed by atoms with Crippen LogP contribution in [0.4, 0.5) is 10.2 Å². The minimum Gasteiger partial charge on any atom is -0.465 e. The van der Waals surface area contributed by atoms with Gasteiger partial charge in [0.25, 0.3) is 0 Å². The standard InChI is InChI=1S/C47H72FN6O9P/c1-4-7-9-11-13-15-17-19-21-26-30-59-41(56)34-61-64(58,62-35-47(6-3)39(55)33-40(63-47)54-36-50-42-43(49)51-46(48)52-44(42)54)53-38(32-37-28-24-23-25-29-37)45(57)60-31-27-22-20-18-16-14-12-10-8-5-2/h3,23-25,28-29,36,38-40,55H,4-5,7-22,26-27,30-35H2,1-2H3,(H,53,58)(H2,49,51,52)/t38-,39-,40+,47+,64+/m0/s1. The maximum absolute atomic E-state index is 14.8. The zero-order chi connectivity index (χ0) is 46.0. The van der Waals surface area contributed by atoms with Crippen LogP contribution in [-0.4, -0.2) is 80.7 Å². The van der Waals surface area contributed by atoms with E-state index in [9.17, 15) is 23.7 Å². The number of benzene rings is 1. The molecule has 17 heteroatoms. The van der Waals surface area contributed by atoms with Gasteiger partial charge in [0.2, 0.25) is 0 Å². The van der Waals surface area contributed by atoms with E-state index in [-0.39, 0.29) is 43.0 Å². The third-order valence-corrected chi connectivity index (χ3v) is 13.0. The maximum atomic E-state index is 14.8. The van der Waals surface area contributed by atoms with Gasteiger partial charge in [-0.2, -0.15) is 14.4 Å². The summed E-state index contributed by atoms with van der Waals surface area (Å²) in [5, 5.41) is 14.0. The molecule has 0 bridgehead atoms. The average Bonchev–Trinajstić information content (AvgIpc) is 3.86. The zero-order valence-electron chi connectivity index (χ0n) is 38.1. The number of carbonyl (C=O) groups excluding carboxylic acids is 2. The van der Waals surface area contributed by atoms with Gasteiger partial charge in [-0.1, -0.05) is 166 Å². The van der Waals surface area contributed by atoms with Gasteiger partial charge in [-0.15, -0.1) is 6.42 Å². The molecule has 1 aromatic carbocycles. The van der Waals surface area contributed by atoms with Crippen molar-refractivity contribution in [2.24, 2.45) is 0 Å². The van der Waals surface area contributed by atoms with Crippen LogP contribution < -0.4 is 10.8 Å². The van der Waals surface area contributed by atoms with Gasteiger partial charge < -0.3 is 25.1 Å². The highest BCUT2D eigenvalue weighted by atomic mass is 31.2. The normalized spacial score (nSPS) is 18.7. The van der Waals surface area contributed by atoms with Crippen LogP contribution in [0.1, 0.15) is 160 Å². The lowest BCUT2D eigenvalue weighted by molar-refractivity contribution is -0.146. The van der Waals surface area contributed by atoms with E-state index in [1.807, 2.05) is 30.3 Å². The third kappa shape index (κ3) is 17.8. The van der Waals surface area contributed by atoms with Crippen molar-refractivity contribution in [1.29, 1.82) is 0 Å². The molecule has 15 nitrogen and oxygen atoms in total. The average molecular weight is 915 g/mol. The summed E-state index contributed by atoms with van der Waals surface area (Å²) in [6, 6.07) is 7.81. The molecule has 2 aromatic heterocycles. The molecule has 4 rings (SSSR count). The summed E-state index contributed by atoms with van der Waals surface area (Å²) in [6.45, 7) is 3.23. The fourth-order valence-electron chi connectivity index (χ4n) is 7.68. The van der Waals surface area contributed by atoms with Crippen LogP contribution in [0.2, 0.25) is 0 Å². The van der Waals surface area contributed by atoms with Crippen LogP contribution in [0.15, 0.2) is 36.7 Å². The van der Waals surface area contributed by atoms with Gasteiger partial charge in [0.05, 0.1) is 19.5 Å². The van der Waals surface area contributed by atoms with Crippen molar-refractivity contribution in [2.75, 3.05) is 32.2 Å². The second-order valence-electron chi connectivity index (χ2n) is 16.7. The smallest absolute Gasteiger partial charge is 0.406 e. The van der Waals surface area contributed by atoms with Crippen molar-refractivity contribution in [3.8, 4) is 12.3 Å². The van der Waals surface area contributed by atoms with Crippen molar-refractivity contribution < 1.29 is 46.9 Å². The fraction of sp³-hybridized carbons (Fsp3) is 0.681. The Hall–Kier alpha value is -3.97. The molecule has 356 valence electrons. The van der Waals surface area contributed by atoms with E-state index in [0.29, 0.717) is 12.8 Å². The number of esters is 2. The number of terminal acetylenes is 1. The van der Waals surface area contributed by atoms with E-state index in [1.54, 1.807) is 0 Å². The number of hydrogen-bond acceptors (Lipinski definition) is 13. The van der Waals surface area contributed by atoms with Crippen molar-refractivity contribution in [3.05, 3.63) is 48.3 Å². The Morgan fingerprint density at radius 1 is 0.906 bits per heavy atom. The second-order valence-corrected chi connectivity index (χ2v) is 18.5. The summed E-state index contributed by atoms with van der Waals surface area (Å²) >= 11 is 0. The van der Waals surface area contributed by atoms with Gasteiger partial charge in [-0.3, -0.25) is 18.4 Å². The van der Waals surface area contributed by atoms with Crippen molar-refractivity contribution in [3.63, 3.8) is 0 Å². The number of fused-ring (bicyclic) bond motifs is 1. The fourth-order valence-corrected chi connectivity index (χ4v) is 9.12. The lowest BCUT2D eigenvalue weighted by Crippen LogP contribution is -2.44. The molecule has 0 aliphatic carbocycles. The highest BCUT2D eigenvalue weighted by molar-refractivity contribution is 7.51. The summed E-state index contributed by atoms with van der Waals surface area (Å²) in [4.78, 5) is 38.2. The van der Waals surface area contributed by atoms with Crippen LogP contribution >= 0.6 is 7.75 Å². The predicted molar refractivity (Wildman–Crippen MR) is 244 cm³/mol. The minimum atomic E-state index is -4.67. The van der Waals surface area contributed by atoms with Crippen molar-refractivity contribution >= 4 is 36.7 Å². The number of nitrogens with two attached hydrogens (primary N) is 1. The number of unbranched alkanes of at least 4 members (excludes halogenated alkanes) is 18. The minimum absolute atomic E-state index is 0.00278. The zero-order valence-corrected chi connectivity index (χ0v) is 39.0. The molecule has 0 saturated carbocycles. The molecule has 3 aromatic rings. The van der Waals surface area contributed by atoms with Gasteiger partial charge in [-0.05, 0) is 24.8 Å². The van der Waals surface area contributed by atoms with E-state index >= 15 is 0 Å². The van der Waals surface area contributed by atoms with Gasteiger partial charge in [0.1, 0.15) is 25.0 Å². The number of aliphatic hydroxyl groups excluding tert-OH is 1. The molecule has 0 spiro atoms. The number of aliphatic hydroxyl groups is 1. The van der Waals surface area contributed by atoms with Gasteiger partial charge in [0, 0.05) is 6.42 Å². The van der Waals surface area contributed by atoms with Crippen molar-refractivity contribution in [1.82, 2.24) is 24.6 Å². The molecular formula is C47H72FN6O9P. The first-order chi connectivity index (χ1) is 31.0. The summed E-state index contributed by atoms with van der Waals surface area (Å²) < 4.78 is 59.2. The highest BCUT2D eigenvalue weighted by Crippen LogP contribution is 2.48. The lowest BCUT2D eigenvalue weighted by Gasteiger charge is -2.30. The largest absolute Gasteiger partial charge is 0.465 e. The first-order valence-electron chi connectivity index (χ1n) is 23.5. The highest BCUT2D eigenvalue weighted by Gasteiger charge is 2.50. The maximum Gasteiger partial charge on any atom is 0.406 e. The molecule has 3 heterocycles. The molecule has 64 heavy (non-hydrogen) atoms. The van der Waals surface area contributed by atoms with E-state index in [2.05, 4.69) is 39.8 Å². The molecule has 0 radical (unpaired) electrons. The Bertz CT molecular complexity index is 1920. The molecule has 1 saturated heterocycles. The molecule has 1 fully saturated rings. The van der Waals surface area contributed by atoms with E-state index in [4.69, 9.17) is 35.4 Å². The Morgan fingerprint density at radius 2 is 1.47 bits per heavy atom. The van der Waals surface area contributed by atoms with E-state index < -0.39 is 63.0 Å². The summed E-state index contributed by atoms with van der Waals surface area (Å²) in [7, 11) is -4.67. The number of nitrogens with zero attached hydrogens (tertiary/aromatic N) is 4. The molecule has 5 atom stereocenters. The number of carbonyl (C=O) groups is 2. The molecule has 1 aliphatic heterocycles. The Labute approximate surface area is 379 Å². The van der Waals surface area contributed by atoms with Gasteiger partial charge in [0.15, 0.2) is 29.2 Å². The first kappa shape index (κ1) is 52.7. The number of aromatic nitrogens is 4. The van der Waals surface area contributed by atoms with E-state index in [1.165, 1.54) is 87.9 Å². The number of nitrogen functional groups attached to an aromatic ring is 1. The molecule has 4 N–H and O–H groups in total. The second kappa shape index (κ2) is 28.8. The molecule has 0 unspecified atom stereocenters. The monoisotopic (exact) mass is 915 g/mol. The van der Waals surface area contributed by atoms with Gasteiger partial charge >= 0.3 is 25.8 Å². The summed E-state index contributed by atoms with van der Waals surface area (Å²) in [6.07, 6.45) is 26.0. The molecular weight excluding hydrogens is 843 g/mol. The Morgan fingerprint density at radius 3 is 2.05 bits per heavy atom. The first-order valence-corrected chi connectivity index (χ1v) is 25.1. The number of anilines is 1. The topological polar surface area (TPSA) is 199 Å². The Kier molecular flexibility index (Phi) is 23.7. The van der Waals surface area contributed by atoms with Crippen LogP contribution in [-0.2, 0) is 43.8 Å². The summed E-state index contributed by atoms with van der Waals surface area (Å²) in [5.41, 5.74) is 4.76. The third-order valence-electron chi connectivity index (χ3n) is 11.5. The number of imidazole rings is 1. The molecule has 0 amide bonds. The van der Waals surface area contributed by atoms with E-state index in [0.717, 1.165) is 44.1 Å². The van der Waals surface area contributed by atoms with Crippen LogP contribution in [0.25, 0.3) is 11.2 Å². The summed E-state index contributed by atoms with van der Waals surface area (Å²) in [5.74, 6) is 0.753. The quantitative estimate of drug-likeness (QED) is 0.0168. The predicted octanol–water partition coefficient (Wildman–Crippen LogP) is 9.47. The van der Waals surface area contributed by atoms with Crippen LogP contribution in [0, 0.1) is 18.4 Å². The number of ether oxygens (including phenoxy) is 3. The van der Waals surface area contributed by atoms with Crippen LogP contribution in [0.3, 0.4) is 0 Å². The Balaban J connectivity index is 1.42. The van der Waals surface area contributed by atoms with Gasteiger partial charge in [-0.25, -0.2) is 19.4 Å². The SMILES string of the molecule is C#C[C@]1(CO[P@@](=O)(N[C@@H](Cc2ccccc2)C(=O)OCCCCCCCCCCCC)OCC(=O)OCCCCCCCCCCCC)O[C@@H](n2cnc3c(N)nc(F)nc32)C[C@@H]1O. The molecule has 1 aliphatic rings. The van der Waals surface area contributed by atoms with Crippen LogP contribution in [0.5, 0.6) is 0 Å². The number of nitrogens with one attached hydrogen (secondary N) is 1.